The number of methoxy groups -OCH3 is 2. The van der Waals surface area contributed by atoms with Gasteiger partial charge in [0.05, 0.1) is 14.2 Å². The van der Waals surface area contributed by atoms with Gasteiger partial charge in [0.2, 0.25) is 0 Å². The fourth-order valence-electron chi connectivity index (χ4n) is 2.29. The van der Waals surface area contributed by atoms with Crippen LogP contribution in [0.1, 0.15) is 31.9 Å². The number of esters is 1. The Kier molecular flexibility index (Phi) is 5.86. The summed E-state index contributed by atoms with van der Waals surface area (Å²) in [7, 11) is 3.16. The van der Waals surface area contributed by atoms with Crippen LogP contribution in [0.15, 0.2) is 48.5 Å². The molecule has 4 nitrogen and oxygen atoms in total. The van der Waals surface area contributed by atoms with Gasteiger partial charge in [-0.05, 0) is 41.3 Å². The summed E-state index contributed by atoms with van der Waals surface area (Å²) in [5, 5.41) is 0. The van der Waals surface area contributed by atoms with Gasteiger partial charge in [0.15, 0.2) is 0 Å². The third kappa shape index (κ3) is 5.11. The molecule has 0 N–H and O–H groups in total. The molecular weight excluding hydrogens is 316 g/mol. The highest BCUT2D eigenvalue weighted by atomic mass is 16.5. The van der Waals surface area contributed by atoms with Gasteiger partial charge in [0, 0.05) is 17.7 Å². The first-order valence-electron chi connectivity index (χ1n) is 8.06. The minimum Gasteiger partial charge on any atom is -0.497 e. The molecule has 2 rings (SSSR count). The van der Waals surface area contributed by atoms with E-state index in [0.717, 1.165) is 5.56 Å². The van der Waals surface area contributed by atoms with Gasteiger partial charge >= 0.3 is 5.97 Å². The van der Waals surface area contributed by atoms with Crippen LogP contribution in [-0.4, -0.2) is 20.2 Å². The van der Waals surface area contributed by atoms with E-state index in [0.29, 0.717) is 17.2 Å². The molecule has 2 aromatic rings. The topological polar surface area (TPSA) is 44.8 Å². The van der Waals surface area contributed by atoms with Gasteiger partial charge in [-0.15, -0.1) is 0 Å². The smallest absolute Gasteiger partial charge is 0.336 e. The summed E-state index contributed by atoms with van der Waals surface area (Å²) in [6.07, 6.45) is 3.03. The zero-order valence-corrected chi connectivity index (χ0v) is 15.3. The molecule has 0 saturated heterocycles. The summed E-state index contributed by atoms with van der Waals surface area (Å²) in [5.41, 5.74) is 2.02. The van der Waals surface area contributed by atoms with Crippen LogP contribution in [0.3, 0.4) is 0 Å². The van der Waals surface area contributed by atoms with Gasteiger partial charge in [-0.1, -0.05) is 32.9 Å². The molecule has 0 aliphatic rings. The predicted molar refractivity (Wildman–Crippen MR) is 99.4 cm³/mol. The number of carbonyl (C=O) groups is 1. The maximum absolute atomic E-state index is 12.0. The Labute approximate surface area is 149 Å². The normalized spacial score (nSPS) is 11.4. The zero-order valence-electron chi connectivity index (χ0n) is 15.3. The van der Waals surface area contributed by atoms with Gasteiger partial charge in [-0.2, -0.15) is 0 Å². The molecule has 0 heterocycles. The van der Waals surface area contributed by atoms with E-state index in [4.69, 9.17) is 14.2 Å². The number of hydrogen-bond donors (Lipinski definition) is 0. The van der Waals surface area contributed by atoms with Crippen molar-refractivity contribution in [2.24, 2.45) is 0 Å². The van der Waals surface area contributed by atoms with Gasteiger partial charge in [-0.25, -0.2) is 4.79 Å². The summed E-state index contributed by atoms with van der Waals surface area (Å²) in [6, 6.07) is 12.9. The van der Waals surface area contributed by atoms with E-state index in [9.17, 15) is 4.79 Å². The molecule has 0 spiro atoms. The Balaban J connectivity index is 2.06. The van der Waals surface area contributed by atoms with E-state index in [1.807, 2.05) is 18.2 Å². The zero-order chi connectivity index (χ0) is 18.4. The highest BCUT2D eigenvalue weighted by Gasteiger charge is 2.13. The van der Waals surface area contributed by atoms with E-state index in [2.05, 4.69) is 20.8 Å². The Morgan fingerprint density at radius 2 is 1.56 bits per heavy atom. The van der Waals surface area contributed by atoms with Crippen molar-refractivity contribution in [1.82, 2.24) is 0 Å². The second kappa shape index (κ2) is 7.88. The Bertz CT molecular complexity index is 752. The summed E-state index contributed by atoms with van der Waals surface area (Å²) >= 11 is 0. The SMILES string of the molecule is COc1ccc(/C=C/C(=O)Oc2ccc(C(C)(C)C)cc2)c(OC)c1. The van der Waals surface area contributed by atoms with E-state index >= 15 is 0 Å². The van der Waals surface area contributed by atoms with Crippen molar-refractivity contribution in [3.63, 3.8) is 0 Å². The van der Waals surface area contributed by atoms with Crippen LogP contribution in [0.2, 0.25) is 0 Å². The fraction of sp³-hybridized carbons (Fsp3) is 0.286. The third-order valence-electron chi connectivity index (χ3n) is 3.78. The monoisotopic (exact) mass is 340 g/mol. The lowest BCUT2D eigenvalue weighted by atomic mass is 9.87. The molecule has 0 fully saturated rings. The maximum Gasteiger partial charge on any atom is 0.336 e. The molecule has 25 heavy (non-hydrogen) atoms. The number of benzene rings is 2. The van der Waals surface area contributed by atoms with Crippen LogP contribution in [0, 0.1) is 0 Å². The third-order valence-corrected chi connectivity index (χ3v) is 3.78. The van der Waals surface area contributed by atoms with Crippen LogP contribution in [-0.2, 0) is 10.2 Å². The Morgan fingerprint density at radius 3 is 2.12 bits per heavy atom. The number of carbonyl (C=O) groups excluding carboxylic acids is 1. The van der Waals surface area contributed by atoms with Crippen molar-refractivity contribution in [2.75, 3.05) is 14.2 Å². The molecule has 0 saturated carbocycles. The van der Waals surface area contributed by atoms with Crippen molar-refractivity contribution < 1.29 is 19.0 Å². The van der Waals surface area contributed by atoms with Crippen LogP contribution >= 0.6 is 0 Å². The first-order chi connectivity index (χ1) is 11.8. The van der Waals surface area contributed by atoms with Gasteiger partial charge in [0.25, 0.3) is 0 Å². The molecule has 0 bridgehead atoms. The van der Waals surface area contributed by atoms with Gasteiger partial charge in [0.1, 0.15) is 17.2 Å². The molecule has 0 amide bonds. The number of rotatable bonds is 5. The second-order valence-electron chi connectivity index (χ2n) is 6.64. The van der Waals surface area contributed by atoms with Crippen LogP contribution in [0.4, 0.5) is 0 Å². The van der Waals surface area contributed by atoms with Crippen LogP contribution in [0.5, 0.6) is 17.2 Å². The Morgan fingerprint density at radius 1 is 0.920 bits per heavy atom. The van der Waals surface area contributed by atoms with Crippen molar-refractivity contribution in [3.8, 4) is 17.2 Å². The molecule has 0 aliphatic heterocycles. The first kappa shape index (κ1) is 18.6. The van der Waals surface area contributed by atoms with Crippen molar-refractivity contribution >= 4 is 12.0 Å². The molecule has 0 radical (unpaired) electrons. The molecule has 0 aliphatic carbocycles. The van der Waals surface area contributed by atoms with Crippen LogP contribution in [0.25, 0.3) is 6.08 Å². The molecule has 0 aromatic heterocycles. The van der Waals surface area contributed by atoms with E-state index in [1.165, 1.54) is 11.6 Å². The summed E-state index contributed by atoms with van der Waals surface area (Å²) in [6.45, 7) is 6.41. The van der Waals surface area contributed by atoms with Crippen molar-refractivity contribution in [2.45, 2.75) is 26.2 Å². The highest BCUT2D eigenvalue weighted by Crippen LogP contribution is 2.26. The summed E-state index contributed by atoms with van der Waals surface area (Å²) < 4.78 is 15.8. The quantitative estimate of drug-likeness (QED) is 0.452. The average molecular weight is 340 g/mol. The first-order valence-corrected chi connectivity index (χ1v) is 8.06. The lowest BCUT2D eigenvalue weighted by Crippen LogP contribution is -2.11. The van der Waals surface area contributed by atoms with E-state index in [1.54, 1.807) is 44.6 Å². The van der Waals surface area contributed by atoms with Crippen LogP contribution < -0.4 is 14.2 Å². The van der Waals surface area contributed by atoms with Crippen molar-refractivity contribution in [3.05, 3.63) is 59.7 Å². The molecule has 2 aromatic carbocycles. The number of ether oxygens (including phenoxy) is 3. The minimum absolute atomic E-state index is 0.0629. The predicted octanol–water partition coefficient (Wildman–Crippen LogP) is 4.62. The molecule has 4 heteroatoms. The maximum atomic E-state index is 12.0. The molecular formula is C21H24O4. The molecule has 132 valence electrons. The highest BCUT2D eigenvalue weighted by molar-refractivity contribution is 5.89. The lowest BCUT2D eigenvalue weighted by molar-refractivity contribution is -0.128. The van der Waals surface area contributed by atoms with E-state index in [-0.39, 0.29) is 5.41 Å². The largest absolute Gasteiger partial charge is 0.497 e. The molecule has 0 unspecified atom stereocenters. The summed E-state index contributed by atoms with van der Waals surface area (Å²) in [5.74, 6) is 1.39. The van der Waals surface area contributed by atoms with Gasteiger partial charge < -0.3 is 14.2 Å². The fourth-order valence-corrected chi connectivity index (χ4v) is 2.29. The minimum atomic E-state index is -0.443. The Hall–Kier alpha value is -2.75. The summed E-state index contributed by atoms with van der Waals surface area (Å²) in [4.78, 5) is 12.0. The van der Waals surface area contributed by atoms with E-state index < -0.39 is 5.97 Å². The number of hydrogen-bond acceptors (Lipinski definition) is 4. The second-order valence-corrected chi connectivity index (χ2v) is 6.64. The standard InChI is InChI=1S/C21H24O4/c1-21(2,3)16-8-11-17(12-9-16)25-20(22)13-7-15-6-10-18(23-4)14-19(15)24-5/h6-14H,1-5H3/b13-7+. The average Bonchev–Trinajstić information content (AvgIpc) is 2.59. The van der Waals surface area contributed by atoms with Gasteiger partial charge in [-0.3, -0.25) is 0 Å². The lowest BCUT2D eigenvalue weighted by Gasteiger charge is -2.18. The molecule has 0 atom stereocenters. The van der Waals surface area contributed by atoms with Crippen molar-refractivity contribution in [1.29, 1.82) is 0 Å².